The molecule has 1 aromatic heterocycles. The molecule has 3 aromatic carbocycles. The van der Waals surface area contributed by atoms with Crippen LogP contribution in [0, 0.1) is 13.8 Å². The van der Waals surface area contributed by atoms with Gasteiger partial charge in [0.25, 0.3) is 11.5 Å². The van der Waals surface area contributed by atoms with E-state index in [1.54, 1.807) is 18.2 Å². The lowest BCUT2D eigenvalue weighted by Gasteiger charge is -2.16. The Bertz CT molecular complexity index is 1450. The van der Waals surface area contributed by atoms with Gasteiger partial charge in [0.05, 0.1) is 18.3 Å². The smallest absolute Gasteiger partial charge is 0.344 e. The Morgan fingerprint density at radius 3 is 2.26 bits per heavy atom. The Labute approximate surface area is 197 Å². The van der Waals surface area contributed by atoms with E-state index >= 15 is 0 Å². The minimum atomic E-state index is -0.729. The minimum absolute atomic E-state index is 0.0300. The fraction of sp³-hybridized carbons (Fsp3) is 0.185. The van der Waals surface area contributed by atoms with Gasteiger partial charge in [0.1, 0.15) is 0 Å². The largest absolute Gasteiger partial charge is 0.352 e. The van der Waals surface area contributed by atoms with Gasteiger partial charge in [0.15, 0.2) is 0 Å². The first kappa shape index (κ1) is 22.9. The molecule has 1 atom stereocenters. The fourth-order valence-corrected chi connectivity index (χ4v) is 3.81. The second-order valence-corrected chi connectivity index (χ2v) is 8.37. The molecule has 0 aliphatic carbocycles. The summed E-state index contributed by atoms with van der Waals surface area (Å²) in [6.07, 6.45) is 0. The number of nitrogens with one attached hydrogen (secondary N) is 1. The number of hydrogen-bond donors (Lipinski definition) is 1. The molecule has 1 heterocycles. The zero-order valence-corrected chi connectivity index (χ0v) is 19.4. The third-order valence-corrected chi connectivity index (χ3v) is 5.59. The lowest BCUT2D eigenvalue weighted by molar-refractivity contribution is 0.0930. The van der Waals surface area contributed by atoms with Crippen LogP contribution in [0.3, 0.4) is 0 Å². The van der Waals surface area contributed by atoms with Gasteiger partial charge in [-0.15, -0.1) is 0 Å². The van der Waals surface area contributed by atoms with Crippen molar-refractivity contribution in [1.29, 1.82) is 0 Å². The molecule has 0 bridgehead atoms. The molecule has 0 spiro atoms. The van der Waals surface area contributed by atoms with E-state index in [1.807, 2.05) is 81.4 Å². The summed E-state index contributed by atoms with van der Waals surface area (Å²) in [7, 11) is 0. The van der Waals surface area contributed by atoms with Gasteiger partial charge in [-0.05, 0) is 49.6 Å². The summed E-state index contributed by atoms with van der Waals surface area (Å²) >= 11 is 0. The van der Waals surface area contributed by atoms with E-state index in [1.165, 1.54) is 0 Å². The van der Waals surface area contributed by atoms with Crippen LogP contribution in [0.4, 0.5) is 0 Å². The number of nitrogens with zero attached hydrogens (tertiary/aromatic N) is 3. The molecule has 0 radical (unpaired) electrons. The molecule has 7 nitrogen and oxygen atoms in total. The van der Waals surface area contributed by atoms with E-state index < -0.39 is 17.2 Å². The monoisotopic (exact) mass is 454 g/mol. The summed E-state index contributed by atoms with van der Waals surface area (Å²) in [6, 6.07) is 23.8. The standard InChI is InChI=1S/C27H26N4O3/c1-18-9-7-11-21(15-18)17-30-26(33)24(25(32)28-20(3)22-12-5-4-6-13-22)29-31(27(30)34)23-14-8-10-19(2)16-23/h4-16,20H,17H2,1-3H3,(H,28,32)/t20-/m1/s1. The Morgan fingerprint density at radius 1 is 0.912 bits per heavy atom. The second kappa shape index (κ2) is 9.70. The summed E-state index contributed by atoms with van der Waals surface area (Å²) in [5.41, 5.74) is 2.41. The maximum atomic E-state index is 13.3. The molecule has 0 saturated heterocycles. The predicted octanol–water partition coefficient (Wildman–Crippen LogP) is 3.55. The summed E-state index contributed by atoms with van der Waals surface area (Å²) in [5.74, 6) is -0.638. The van der Waals surface area contributed by atoms with E-state index in [-0.39, 0.29) is 18.3 Å². The number of carbonyl (C=O) groups is 1. The lowest BCUT2D eigenvalue weighted by atomic mass is 10.1. The lowest BCUT2D eigenvalue weighted by Crippen LogP contribution is -2.46. The van der Waals surface area contributed by atoms with Crippen molar-refractivity contribution in [3.05, 3.63) is 128 Å². The van der Waals surface area contributed by atoms with Gasteiger partial charge in [-0.1, -0.05) is 72.3 Å². The number of benzene rings is 3. The molecule has 0 unspecified atom stereocenters. The summed E-state index contributed by atoms with van der Waals surface area (Å²) < 4.78 is 2.18. The van der Waals surface area contributed by atoms with Crippen molar-refractivity contribution in [2.45, 2.75) is 33.4 Å². The summed E-state index contributed by atoms with van der Waals surface area (Å²) in [5, 5.41) is 7.04. The van der Waals surface area contributed by atoms with Gasteiger partial charge in [0.2, 0.25) is 5.69 Å². The van der Waals surface area contributed by atoms with Gasteiger partial charge in [-0.3, -0.25) is 14.2 Å². The number of hydrogen-bond acceptors (Lipinski definition) is 4. The van der Waals surface area contributed by atoms with Crippen LogP contribution >= 0.6 is 0 Å². The number of aryl methyl sites for hydroxylation is 2. The molecule has 0 aliphatic rings. The van der Waals surface area contributed by atoms with Crippen LogP contribution in [0.2, 0.25) is 0 Å². The average molecular weight is 455 g/mol. The van der Waals surface area contributed by atoms with E-state index in [9.17, 15) is 14.4 Å². The first-order chi connectivity index (χ1) is 16.3. The molecule has 4 rings (SSSR count). The van der Waals surface area contributed by atoms with Gasteiger partial charge < -0.3 is 5.32 Å². The average Bonchev–Trinajstić information content (AvgIpc) is 2.82. The third kappa shape index (κ3) is 4.88. The molecule has 7 heteroatoms. The summed E-state index contributed by atoms with van der Waals surface area (Å²) in [6.45, 7) is 5.69. The number of carbonyl (C=O) groups excluding carboxylic acids is 1. The van der Waals surface area contributed by atoms with Crippen LogP contribution < -0.4 is 16.6 Å². The molecule has 0 aliphatic heterocycles. The van der Waals surface area contributed by atoms with E-state index in [2.05, 4.69) is 10.4 Å². The maximum Gasteiger partial charge on any atom is 0.352 e. The van der Waals surface area contributed by atoms with Crippen LogP contribution in [-0.4, -0.2) is 20.3 Å². The highest BCUT2D eigenvalue weighted by Gasteiger charge is 2.22. The Balaban J connectivity index is 1.82. The van der Waals surface area contributed by atoms with Crippen molar-refractivity contribution < 1.29 is 4.79 Å². The zero-order chi connectivity index (χ0) is 24.2. The molecule has 1 amide bonds. The quantitative estimate of drug-likeness (QED) is 0.483. The number of aromatic nitrogens is 3. The Kier molecular flexibility index (Phi) is 6.54. The van der Waals surface area contributed by atoms with Crippen molar-refractivity contribution in [3.63, 3.8) is 0 Å². The fourth-order valence-electron chi connectivity index (χ4n) is 3.81. The topological polar surface area (TPSA) is 86.0 Å². The minimum Gasteiger partial charge on any atom is -0.344 e. The van der Waals surface area contributed by atoms with Gasteiger partial charge in [0, 0.05) is 0 Å². The first-order valence-electron chi connectivity index (χ1n) is 11.1. The van der Waals surface area contributed by atoms with Gasteiger partial charge in [-0.2, -0.15) is 9.78 Å². The number of amides is 1. The molecule has 0 fully saturated rings. The normalized spacial score (nSPS) is 11.7. The highest BCUT2D eigenvalue weighted by Crippen LogP contribution is 2.12. The van der Waals surface area contributed by atoms with Gasteiger partial charge >= 0.3 is 5.69 Å². The second-order valence-electron chi connectivity index (χ2n) is 8.37. The van der Waals surface area contributed by atoms with E-state index in [0.717, 1.165) is 31.5 Å². The molecular formula is C27H26N4O3. The van der Waals surface area contributed by atoms with Crippen LogP contribution in [0.15, 0.2) is 88.5 Å². The van der Waals surface area contributed by atoms with Crippen molar-refractivity contribution in [1.82, 2.24) is 19.7 Å². The molecular weight excluding hydrogens is 428 g/mol. The first-order valence-corrected chi connectivity index (χ1v) is 11.1. The molecule has 0 saturated carbocycles. The Morgan fingerprint density at radius 2 is 1.59 bits per heavy atom. The summed E-state index contributed by atoms with van der Waals surface area (Å²) in [4.78, 5) is 39.8. The van der Waals surface area contributed by atoms with Crippen LogP contribution in [0.1, 0.15) is 45.7 Å². The third-order valence-electron chi connectivity index (χ3n) is 5.59. The van der Waals surface area contributed by atoms with Crippen LogP contribution in [-0.2, 0) is 6.54 Å². The SMILES string of the molecule is Cc1cccc(Cn2c(=O)c(C(=O)N[C@H](C)c3ccccc3)nn(-c3cccc(C)c3)c2=O)c1. The van der Waals surface area contributed by atoms with Crippen LogP contribution in [0.25, 0.3) is 5.69 Å². The van der Waals surface area contributed by atoms with Crippen molar-refractivity contribution in [3.8, 4) is 5.69 Å². The highest BCUT2D eigenvalue weighted by molar-refractivity contribution is 5.92. The van der Waals surface area contributed by atoms with Gasteiger partial charge in [-0.25, -0.2) is 4.79 Å². The molecule has 4 aromatic rings. The maximum absolute atomic E-state index is 13.3. The molecule has 34 heavy (non-hydrogen) atoms. The van der Waals surface area contributed by atoms with E-state index in [4.69, 9.17) is 0 Å². The van der Waals surface area contributed by atoms with E-state index in [0.29, 0.717) is 5.69 Å². The predicted molar refractivity (Wildman–Crippen MR) is 131 cm³/mol. The molecule has 172 valence electrons. The van der Waals surface area contributed by atoms with Crippen molar-refractivity contribution in [2.75, 3.05) is 0 Å². The number of rotatable bonds is 6. The Hall–Kier alpha value is -4.26. The highest BCUT2D eigenvalue weighted by atomic mass is 16.2. The van der Waals surface area contributed by atoms with Crippen LogP contribution in [0.5, 0.6) is 0 Å². The van der Waals surface area contributed by atoms with Crippen molar-refractivity contribution in [2.24, 2.45) is 0 Å². The zero-order valence-electron chi connectivity index (χ0n) is 19.4. The van der Waals surface area contributed by atoms with Crippen molar-refractivity contribution >= 4 is 5.91 Å². The molecule has 1 N–H and O–H groups in total.